The van der Waals surface area contributed by atoms with E-state index < -0.39 is 0 Å². The van der Waals surface area contributed by atoms with Crippen LogP contribution in [0.15, 0.2) is 30.5 Å². The number of carbonyl (C=O) groups excluding carboxylic acids is 2. The van der Waals surface area contributed by atoms with Gasteiger partial charge in [0.2, 0.25) is 0 Å². The number of amides is 2. The molecule has 0 saturated heterocycles. The average Bonchev–Trinajstić information content (AvgIpc) is 2.50. The summed E-state index contributed by atoms with van der Waals surface area (Å²) in [5.41, 5.74) is 1.78. The van der Waals surface area contributed by atoms with Gasteiger partial charge in [0, 0.05) is 24.0 Å². The summed E-state index contributed by atoms with van der Waals surface area (Å²) in [6.07, 6.45) is 4.25. The number of imide groups is 1. The molecule has 0 saturated carbocycles. The van der Waals surface area contributed by atoms with Crippen LogP contribution in [0.1, 0.15) is 11.3 Å². The molecule has 15 heavy (non-hydrogen) atoms. The van der Waals surface area contributed by atoms with Crippen molar-refractivity contribution in [2.24, 2.45) is 0 Å². The Kier molecular flexibility index (Phi) is 2.33. The maximum absolute atomic E-state index is 11.3. The first-order valence-corrected chi connectivity index (χ1v) is 4.62. The summed E-state index contributed by atoms with van der Waals surface area (Å²) in [6.45, 7) is 2.18. The molecule has 1 aliphatic rings. The summed E-state index contributed by atoms with van der Waals surface area (Å²) in [4.78, 5) is 27.8. The van der Waals surface area contributed by atoms with Gasteiger partial charge in [-0.2, -0.15) is 0 Å². The zero-order valence-electron chi connectivity index (χ0n) is 8.30. The summed E-state index contributed by atoms with van der Waals surface area (Å²) >= 11 is 0. The minimum Gasteiger partial charge on any atom is -0.271 e. The van der Waals surface area contributed by atoms with Crippen molar-refractivity contribution in [2.75, 3.05) is 0 Å². The van der Waals surface area contributed by atoms with E-state index in [0.717, 1.165) is 11.3 Å². The predicted octanol–water partition coefficient (Wildman–Crippen LogP) is 0.815. The van der Waals surface area contributed by atoms with Gasteiger partial charge in [-0.25, -0.2) is 0 Å². The van der Waals surface area contributed by atoms with Crippen LogP contribution in [0.4, 0.5) is 0 Å². The van der Waals surface area contributed by atoms with Crippen LogP contribution in [0.3, 0.4) is 0 Å². The van der Waals surface area contributed by atoms with Crippen molar-refractivity contribution in [2.45, 2.75) is 13.5 Å². The van der Waals surface area contributed by atoms with Crippen molar-refractivity contribution in [1.29, 1.82) is 0 Å². The fourth-order valence-corrected chi connectivity index (χ4v) is 1.47. The van der Waals surface area contributed by atoms with Gasteiger partial charge in [-0.1, -0.05) is 0 Å². The molecule has 0 N–H and O–H groups in total. The third-order valence-electron chi connectivity index (χ3n) is 2.20. The predicted molar refractivity (Wildman–Crippen MR) is 53.7 cm³/mol. The van der Waals surface area contributed by atoms with Crippen molar-refractivity contribution in [3.63, 3.8) is 0 Å². The van der Waals surface area contributed by atoms with Crippen LogP contribution in [0.2, 0.25) is 0 Å². The molecular formula is C11H10N2O2. The smallest absolute Gasteiger partial charge is 0.253 e. The SMILES string of the molecule is Cc1cc(CN2C(=O)C=CC2=O)ccn1. The molecule has 4 heteroatoms. The molecule has 2 amide bonds. The van der Waals surface area contributed by atoms with Crippen LogP contribution in [0.5, 0.6) is 0 Å². The largest absolute Gasteiger partial charge is 0.271 e. The van der Waals surface area contributed by atoms with E-state index in [1.807, 2.05) is 13.0 Å². The zero-order valence-corrected chi connectivity index (χ0v) is 8.30. The maximum Gasteiger partial charge on any atom is 0.253 e. The van der Waals surface area contributed by atoms with E-state index in [9.17, 15) is 9.59 Å². The van der Waals surface area contributed by atoms with Gasteiger partial charge in [0.05, 0.1) is 6.54 Å². The van der Waals surface area contributed by atoms with Gasteiger partial charge in [-0.15, -0.1) is 0 Å². The Balaban J connectivity index is 2.16. The summed E-state index contributed by atoms with van der Waals surface area (Å²) in [6, 6.07) is 3.66. The molecule has 76 valence electrons. The van der Waals surface area contributed by atoms with Gasteiger partial charge in [-0.3, -0.25) is 19.5 Å². The van der Waals surface area contributed by atoms with E-state index >= 15 is 0 Å². The molecule has 0 atom stereocenters. The zero-order chi connectivity index (χ0) is 10.8. The summed E-state index contributed by atoms with van der Waals surface area (Å²) in [7, 11) is 0. The Labute approximate surface area is 87.2 Å². The second-order valence-corrected chi connectivity index (χ2v) is 3.40. The van der Waals surface area contributed by atoms with Crippen molar-refractivity contribution in [3.05, 3.63) is 41.7 Å². The molecule has 0 fully saturated rings. The molecule has 0 radical (unpaired) electrons. The highest BCUT2D eigenvalue weighted by atomic mass is 16.2. The minimum atomic E-state index is -0.255. The van der Waals surface area contributed by atoms with E-state index in [0.29, 0.717) is 6.54 Å². The van der Waals surface area contributed by atoms with Crippen molar-refractivity contribution in [3.8, 4) is 0 Å². The lowest BCUT2D eigenvalue weighted by atomic mass is 10.2. The van der Waals surface area contributed by atoms with Gasteiger partial charge < -0.3 is 0 Å². The molecule has 0 bridgehead atoms. The highest BCUT2D eigenvalue weighted by Gasteiger charge is 2.23. The van der Waals surface area contributed by atoms with Crippen LogP contribution >= 0.6 is 0 Å². The number of aromatic nitrogens is 1. The van der Waals surface area contributed by atoms with Crippen LogP contribution in [-0.4, -0.2) is 21.7 Å². The van der Waals surface area contributed by atoms with Crippen LogP contribution in [-0.2, 0) is 16.1 Å². The second-order valence-electron chi connectivity index (χ2n) is 3.40. The first-order chi connectivity index (χ1) is 7.16. The highest BCUT2D eigenvalue weighted by molar-refractivity contribution is 6.12. The van der Waals surface area contributed by atoms with Gasteiger partial charge >= 0.3 is 0 Å². The van der Waals surface area contributed by atoms with E-state index in [1.54, 1.807) is 12.3 Å². The van der Waals surface area contributed by atoms with Crippen LogP contribution in [0.25, 0.3) is 0 Å². The van der Waals surface area contributed by atoms with E-state index in [4.69, 9.17) is 0 Å². The average molecular weight is 202 g/mol. The molecule has 1 aromatic heterocycles. The number of hydrogen-bond acceptors (Lipinski definition) is 3. The quantitative estimate of drug-likeness (QED) is 0.667. The summed E-state index contributed by atoms with van der Waals surface area (Å²) in [5.74, 6) is -0.510. The lowest BCUT2D eigenvalue weighted by Crippen LogP contribution is -2.29. The Morgan fingerprint density at radius 2 is 1.93 bits per heavy atom. The van der Waals surface area contributed by atoms with E-state index in [1.165, 1.54) is 17.1 Å². The van der Waals surface area contributed by atoms with Crippen molar-refractivity contribution in [1.82, 2.24) is 9.88 Å². The molecule has 0 aliphatic carbocycles. The van der Waals surface area contributed by atoms with Gasteiger partial charge in [0.1, 0.15) is 0 Å². The highest BCUT2D eigenvalue weighted by Crippen LogP contribution is 2.10. The fourth-order valence-electron chi connectivity index (χ4n) is 1.47. The summed E-state index contributed by atoms with van der Waals surface area (Å²) < 4.78 is 0. The van der Waals surface area contributed by atoms with E-state index in [-0.39, 0.29) is 11.8 Å². The third-order valence-corrected chi connectivity index (χ3v) is 2.20. The molecule has 1 aromatic rings. The normalized spacial score (nSPS) is 15.1. The number of pyridine rings is 1. The standard InChI is InChI=1S/C11H10N2O2/c1-8-6-9(4-5-12-8)7-13-10(14)2-3-11(13)15/h2-6H,7H2,1H3. The molecule has 4 nitrogen and oxygen atoms in total. The van der Waals surface area contributed by atoms with Gasteiger partial charge in [-0.05, 0) is 24.6 Å². The minimum absolute atomic E-state index is 0.255. The fraction of sp³-hybridized carbons (Fsp3) is 0.182. The third kappa shape index (κ3) is 1.93. The lowest BCUT2D eigenvalue weighted by Gasteiger charge is -2.13. The number of aryl methyl sites for hydroxylation is 1. The molecule has 2 heterocycles. The van der Waals surface area contributed by atoms with Crippen LogP contribution < -0.4 is 0 Å². The number of hydrogen-bond donors (Lipinski definition) is 0. The lowest BCUT2D eigenvalue weighted by molar-refractivity contribution is -0.137. The van der Waals surface area contributed by atoms with Crippen molar-refractivity contribution >= 4 is 11.8 Å². The molecule has 0 aromatic carbocycles. The maximum atomic E-state index is 11.3. The van der Waals surface area contributed by atoms with Gasteiger partial charge in [0.25, 0.3) is 11.8 Å². The van der Waals surface area contributed by atoms with Crippen LogP contribution in [0, 0.1) is 6.92 Å². The molecule has 1 aliphatic heterocycles. The molecule has 0 unspecified atom stereocenters. The molecular weight excluding hydrogens is 192 g/mol. The van der Waals surface area contributed by atoms with Gasteiger partial charge in [0.15, 0.2) is 0 Å². The molecule has 0 spiro atoms. The van der Waals surface area contributed by atoms with Crippen molar-refractivity contribution < 1.29 is 9.59 Å². The topological polar surface area (TPSA) is 50.3 Å². The second kappa shape index (κ2) is 3.65. The summed E-state index contributed by atoms with van der Waals surface area (Å²) in [5, 5.41) is 0. The first kappa shape index (κ1) is 9.58. The number of rotatable bonds is 2. The Hall–Kier alpha value is -1.97. The monoisotopic (exact) mass is 202 g/mol. The Morgan fingerprint density at radius 3 is 2.53 bits per heavy atom. The van der Waals surface area contributed by atoms with E-state index in [2.05, 4.69) is 4.98 Å². The number of nitrogens with zero attached hydrogens (tertiary/aromatic N) is 2. The number of carbonyl (C=O) groups is 2. The molecule has 2 rings (SSSR count). The Morgan fingerprint density at radius 1 is 1.27 bits per heavy atom. The Bertz CT molecular complexity index is 434. The first-order valence-electron chi connectivity index (χ1n) is 4.62.